The number of carbonyl (C=O) groups is 1. The molecule has 1 aliphatic heterocycles. The molecule has 0 radical (unpaired) electrons. The van der Waals surface area contributed by atoms with Crippen LogP contribution < -0.4 is 0 Å². The molecule has 1 saturated heterocycles. The topological polar surface area (TPSA) is 63.4 Å². The summed E-state index contributed by atoms with van der Waals surface area (Å²) in [5.41, 5.74) is 2.78. The molecular formula is C19H23N5OS. The van der Waals surface area contributed by atoms with Crippen molar-refractivity contribution >= 4 is 23.0 Å². The molecule has 6 nitrogen and oxygen atoms in total. The maximum absolute atomic E-state index is 12.8. The van der Waals surface area contributed by atoms with E-state index in [4.69, 9.17) is 0 Å². The Morgan fingerprint density at radius 2 is 1.92 bits per heavy atom. The third kappa shape index (κ3) is 3.23. The van der Waals surface area contributed by atoms with Gasteiger partial charge in [0, 0.05) is 30.0 Å². The van der Waals surface area contributed by atoms with Gasteiger partial charge in [-0.1, -0.05) is 18.9 Å². The maximum atomic E-state index is 12.8. The molecule has 0 unspecified atom stereocenters. The number of fused-ring (bicyclic) bond motifs is 1. The van der Waals surface area contributed by atoms with Gasteiger partial charge in [0.05, 0.1) is 11.3 Å². The highest BCUT2D eigenvalue weighted by atomic mass is 32.1. The highest BCUT2D eigenvalue weighted by Gasteiger charge is 2.20. The van der Waals surface area contributed by atoms with Crippen LogP contribution >= 0.6 is 11.3 Å². The number of carbonyl (C=O) groups excluding carboxylic acids is 1. The SMILES string of the molecule is Cc1nc2nc(-c3cccs3)nn2c(C)c1CC(=O)N1CCCCCC1. The summed E-state index contributed by atoms with van der Waals surface area (Å²) in [6.07, 6.45) is 5.04. The average Bonchev–Trinajstić information content (AvgIpc) is 3.22. The number of hydrogen-bond acceptors (Lipinski definition) is 5. The van der Waals surface area contributed by atoms with Crippen LogP contribution in [0.4, 0.5) is 0 Å². The van der Waals surface area contributed by atoms with Crippen LogP contribution in [0.3, 0.4) is 0 Å². The van der Waals surface area contributed by atoms with Gasteiger partial charge in [-0.15, -0.1) is 16.4 Å². The molecule has 0 bridgehead atoms. The van der Waals surface area contributed by atoms with Crippen molar-refractivity contribution in [2.45, 2.75) is 46.0 Å². The zero-order chi connectivity index (χ0) is 18.1. The number of nitrogens with zero attached hydrogens (tertiary/aromatic N) is 5. The number of rotatable bonds is 3. The quantitative estimate of drug-likeness (QED) is 0.710. The van der Waals surface area contributed by atoms with Gasteiger partial charge in [-0.25, -0.2) is 9.50 Å². The molecule has 26 heavy (non-hydrogen) atoms. The molecule has 3 aromatic rings. The molecule has 0 aromatic carbocycles. The molecule has 4 heterocycles. The fourth-order valence-electron chi connectivity index (χ4n) is 3.56. The van der Waals surface area contributed by atoms with E-state index in [0.29, 0.717) is 18.0 Å². The van der Waals surface area contributed by atoms with Crippen LogP contribution in [0.5, 0.6) is 0 Å². The highest BCUT2D eigenvalue weighted by molar-refractivity contribution is 7.13. The first-order valence-electron chi connectivity index (χ1n) is 9.18. The summed E-state index contributed by atoms with van der Waals surface area (Å²) in [5.74, 6) is 1.47. The van der Waals surface area contributed by atoms with Gasteiger partial charge >= 0.3 is 0 Å². The predicted octanol–water partition coefficient (Wildman–Crippen LogP) is 3.41. The molecule has 0 saturated carbocycles. The molecule has 1 fully saturated rings. The molecule has 7 heteroatoms. The number of aryl methyl sites for hydroxylation is 2. The van der Waals surface area contributed by atoms with Gasteiger partial charge in [0.25, 0.3) is 5.78 Å². The minimum Gasteiger partial charge on any atom is -0.342 e. The van der Waals surface area contributed by atoms with E-state index in [0.717, 1.165) is 47.8 Å². The molecule has 3 aromatic heterocycles. The Morgan fingerprint density at radius 3 is 2.62 bits per heavy atom. The summed E-state index contributed by atoms with van der Waals surface area (Å²) in [4.78, 5) is 25.0. The van der Waals surface area contributed by atoms with E-state index >= 15 is 0 Å². The second-order valence-corrected chi connectivity index (χ2v) is 7.81. The molecule has 1 amide bonds. The van der Waals surface area contributed by atoms with E-state index in [1.165, 1.54) is 12.8 Å². The van der Waals surface area contributed by atoms with Crippen LogP contribution in [-0.4, -0.2) is 43.5 Å². The van der Waals surface area contributed by atoms with Crippen molar-refractivity contribution in [3.63, 3.8) is 0 Å². The molecule has 1 aliphatic rings. The smallest absolute Gasteiger partial charge is 0.253 e. The Bertz CT molecular complexity index is 923. The molecular weight excluding hydrogens is 346 g/mol. The van der Waals surface area contributed by atoms with Gasteiger partial charge in [-0.05, 0) is 38.1 Å². The Labute approximate surface area is 156 Å². The lowest BCUT2D eigenvalue weighted by Gasteiger charge is -2.21. The Morgan fingerprint density at radius 1 is 1.15 bits per heavy atom. The molecule has 4 rings (SSSR count). The summed E-state index contributed by atoms with van der Waals surface area (Å²) in [6.45, 7) is 5.70. The van der Waals surface area contributed by atoms with Crippen LogP contribution in [0.1, 0.15) is 42.6 Å². The van der Waals surface area contributed by atoms with Gasteiger partial charge in [-0.3, -0.25) is 4.79 Å². The predicted molar refractivity (Wildman–Crippen MR) is 102 cm³/mol. The number of amides is 1. The van der Waals surface area contributed by atoms with E-state index in [1.807, 2.05) is 36.3 Å². The average molecular weight is 369 g/mol. The van der Waals surface area contributed by atoms with Crippen molar-refractivity contribution in [1.82, 2.24) is 24.5 Å². The van der Waals surface area contributed by atoms with Crippen molar-refractivity contribution in [2.75, 3.05) is 13.1 Å². The van der Waals surface area contributed by atoms with Gasteiger partial charge in [0.2, 0.25) is 5.91 Å². The van der Waals surface area contributed by atoms with Gasteiger partial charge in [0.15, 0.2) is 5.82 Å². The fourth-order valence-corrected chi connectivity index (χ4v) is 4.21. The normalized spacial score (nSPS) is 15.4. The standard InChI is InChI=1S/C19H23N5OS/c1-13-15(12-17(25)23-9-5-3-4-6-10-23)14(2)24-19(20-13)21-18(22-24)16-8-7-11-26-16/h7-8,11H,3-6,9-10,12H2,1-2H3. The lowest BCUT2D eigenvalue weighted by molar-refractivity contribution is -0.130. The van der Waals surface area contributed by atoms with E-state index in [2.05, 4.69) is 15.1 Å². The first-order chi connectivity index (χ1) is 12.6. The van der Waals surface area contributed by atoms with E-state index in [1.54, 1.807) is 15.9 Å². The molecule has 0 aliphatic carbocycles. The summed E-state index contributed by atoms with van der Waals surface area (Å²) in [7, 11) is 0. The largest absolute Gasteiger partial charge is 0.342 e. The Kier molecular flexibility index (Phi) is 4.72. The van der Waals surface area contributed by atoms with Crippen LogP contribution in [0.25, 0.3) is 16.5 Å². The maximum Gasteiger partial charge on any atom is 0.253 e. The van der Waals surface area contributed by atoms with Gasteiger partial charge in [-0.2, -0.15) is 4.98 Å². The van der Waals surface area contributed by atoms with Crippen molar-refractivity contribution in [3.8, 4) is 10.7 Å². The van der Waals surface area contributed by atoms with Crippen molar-refractivity contribution < 1.29 is 4.79 Å². The molecule has 136 valence electrons. The van der Waals surface area contributed by atoms with Crippen LogP contribution in [0.2, 0.25) is 0 Å². The van der Waals surface area contributed by atoms with Crippen LogP contribution in [-0.2, 0) is 11.2 Å². The first kappa shape index (κ1) is 17.1. The lowest BCUT2D eigenvalue weighted by Crippen LogP contribution is -2.33. The second-order valence-electron chi connectivity index (χ2n) is 6.86. The second kappa shape index (κ2) is 7.15. The van der Waals surface area contributed by atoms with E-state index < -0.39 is 0 Å². The number of aromatic nitrogens is 4. The summed E-state index contributed by atoms with van der Waals surface area (Å²) < 4.78 is 1.77. The summed E-state index contributed by atoms with van der Waals surface area (Å²) >= 11 is 1.61. The molecule has 0 N–H and O–H groups in total. The van der Waals surface area contributed by atoms with Crippen molar-refractivity contribution in [3.05, 3.63) is 34.5 Å². The Hall–Kier alpha value is -2.28. The lowest BCUT2D eigenvalue weighted by atomic mass is 10.1. The summed E-state index contributed by atoms with van der Waals surface area (Å²) in [5, 5.41) is 6.63. The third-order valence-corrected chi connectivity index (χ3v) is 5.94. The molecule has 0 atom stereocenters. The molecule has 0 spiro atoms. The summed E-state index contributed by atoms with van der Waals surface area (Å²) in [6, 6.07) is 3.99. The third-order valence-electron chi connectivity index (χ3n) is 5.08. The minimum absolute atomic E-state index is 0.192. The number of thiophene rings is 1. The number of likely N-dealkylation sites (tertiary alicyclic amines) is 1. The minimum atomic E-state index is 0.192. The van der Waals surface area contributed by atoms with Crippen LogP contribution in [0, 0.1) is 13.8 Å². The van der Waals surface area contributed by atoms with E-state index in [-0.39, 0.29) is 5.91 Å². The van der Waals surface area contributed by atoms with Crippen LogP contribution in [0.15, 0.2) is 17.5 Å². The van der Waals surface area contributed by atoms with Crippen molar-refractivity contribution in [1.29, 1.82) is 0 Å². The zero-order valence-corrected chi connectivity index (χ0v) is 16.1. The van der Waals surface area contributed by atoms with E-state index in [9.17, 15) is 4.79 Å². The highest BCUT2D eigenvalue weighted by Crippen LogP contribution is 2.23. The van der Waals surface area contributed by atoms with Crippen molar-refractivity contribution in [2.24, 2.45) is 0 Å². The van der Waals surface area contributed by atoms with Gasteiger partial charge < -0.3 is 4.90 Å². The van der Waals surface area contributed by atoms with Gasteiger partial charge in [0.1, 0.15) is 0 Å². The first-order valence-corrected chi connectivity index (χ1v) is 10.1. The fraction of sp³-hybridized carbons (Fsp3) is 0.474. The number of hydrogen-bond donors (Lipinski definition) is 0. The monoisotopic (exact) mass is 369 g/mol. The zero-order valence-electron chi connectivity index (χ0n) is 15.2. The Balaban J connectivity index is 1.65.